The highest BCUT2D eigenvalue weighted by molar-refractivity contribution is 5.78. The van der Waals surface area contributed by atoms with Gasteiger partial charge in [0.25, 0.3) is 0 Å². The maximum absolute atomic E-state index is 11.8. The average molecular weight is 212 g/mol. The fraction of sp³-hybridized carbons (Fsp3) is 0.750. The topological polar surface area (TPSA) is 46.5 Å². The van der Waals surface area contributed by atoms with Crippen molar-refractivity contribution >= 4 is 5.97 Å². The molecule has 1 saturated carbocycles. The Hall–Kier alpha value is -0.830. The zero-order chi connectivity index (χ0) is 11.7. The summed E-state index contributed by atoms with van der Waals surface area (Å²) in [7, 11) is 0. The minimum Gasteiger partial charge on any atom is -0.465 e. The molecule has 0 aromatic carbocycles. The molecule has 1 rings (SSSR count). The first-order chi connectivity index (χ1) is 6.90. The Kier molecular flexibility index (Phi) is 3.24. The molecule has 86 valence electrons. The normalized spacial score (nSPS) is 40.1. The second-order valence-corrected chi connectivity index (χ2v) is 4.58. The van der Waals surface area contributed by atoms with Gasteiger partial charge in [0.2, 0.25) is 0 Å². The predicted octanol–water partition coefficient (Wildman–Crippen LogP) is 1.90. The summed E-state index contributed by atoms with van der Waals surface area (Å²) in [5, 5.41) is 10.4. The fourth-order valence-electron chi connectivity index (χ4n) is 2.33. The van der Waals surface area contributed by atoms with Crippen molar-refractivity contribution in [2.45, 2.75) is 39.2 Å². The highest BCUT2D eigenvalue weighted by Crippen LogP contribution is 2.50. The standard InChI is InChI=1S/C12H20O3/c1-5-9-7-8-11(3,12(9,4)14)10(13)15-6-2/h5,9,14H,1,6-8H2,2-4H3/t9-,11+,12+/m1/s1. The number of hydrogen-bond acceptors (Lipinski definition) is 3. The van der Waals surface area contributed by atoms with E-state index in [2.05, 4.69) is 6.58 Å². The van der Waals surface area contributed by atoms with Crippen LogP contribution in [0.15, 0.2) is 12.7 Å². The third-order valence-corrected chi connectivity index (χ3v) is 3.80. The monoisotopic (exact) mass is 212 g/mol. The van der Waals surface area contributed by atoms with Crippen LogP contribution >= 0.6 is 0 Å². The molecular formula is C12H20O3. The third-order valence-electron chi connectivity index (χ3n) is 3.80. The summed E-state index contributed by atoms with van der Waals surface area (Å²) in [5.41, 5.74) is -1.86. The molecule has 0 radical (unpaired) electrons. The van der Waals surface area contributed by atoms with E-state index in [1.807, 2.05) is 0 Å². The summed E-state index contributed by atoms with van der Waals surface area (Å²) in [6, 6.07) is 0. The number of rotatable bonds is 3. The Balaban J connectivity index is 2.95. The van der Waals surface area contributed by atoms with Gasteiger partial charge in [0.1, 0.15) is 0 Å². The molecule has 1 N–H and O–H groups in total. The van der Waals surface area contributed by atoms with Crippen LogP contribution in [0.2, 0.25) is 0 Å². The average Bonchev–Trinajstić information content (AvgIpc) is 2.40. The first kappa shape index (κ1) is 12.2. The van der Waals surface area contributed by atoms with Gasteiger partial charge in [-0.3, -0.25) is 4.79 Å². The lowest BCUT2D eigenvalue weighted by Crippen LogP contribution is -2.49. The van der Waals surface area contributed by atoms with Gasteiger partial charge in [-0.1, -0.05) is 6.08 Å². The zero-order valence-electron chi connectivity index (χ0n) is 9.75. The van der Waals surface area contributed by atoms with Crippen molar-refractivity contribution in [2.24, 2.45) is 11.3 Å². The second kappa shape index (κ2) is 3.97. The number of aliphatic hydroxyl groups is 1. The van der Waals surface area contributed by atoms with Crippen LogP contribution in [0.5, 0.6) is 0 Å². The zero-order valence-corrected chi connectivity index (χ0v) is 9.75. The first-order valence-corrected chi connectivity index (χ1v) is 5.42. The molecule has 1 fully saturated rings. The van der Waals surface area contributed by atoms with Gasteiger partial charge < -0.3 is 9.84 Å². The Morgan fingerprint density at radius 2 is 2.27 bits per heavy atom. The molecule has 0 aromatic rings. The van der Waals surface area contributed by atoms with Crippen LogP contribution in [0.3, 0.4) is 0 Å². The Bertz CT molecular complexity index is 270. The number of hydrogen-bond donors (Lipinski definition) is 1. The summed E-state index contributed by atoms with van der Waals surface area (Å²) in [5.74, 6) is -0.341. The van der Waals surface area contributed by atoms with Crippen LogP contribution in [0.4, 0.5) is 0 Å². The smallest absolute Gasteiger partial charge is 0.314 e. The van der Waals surface area contributed by atoms with E-state index in [9.17, 15) is 9.90 Å². The van der Waals surface area contributed by atoms with Crippen LogP contribution < -0.4 is 0 Å². The summed E-state index contributed by atoms with van der Waals surface area (Å²) in [6.07, 6.45) is 3.16. The lowest BCUT2D eigenvalue weighted by molar-refractivity contribution is -0.169. The van der Waals surface area contributed by atoms with Crippen molar-refractivity contribution in [3.8, 4) is 0 Å². The minimum atomic E-state index is -1.05. The maximum atomic E-state index is 11.8. The highest BCUT2D eigenvalue weighted by Gasteiger charge is 2.57. The van der Waals surface area contributed by atoms with E-state index in [4.69, 9.17) is 4.74 Å². The van der Waals surface area contributed by atoms with Gasteiger partial charge >= 0.3 is 5.97 Å². The quantitative estimate of drug-likeness (QED) is 0.574. The second-order valence-electron chi connectivity index (χ2n) is 4.58. The molecule has 0 saturated heterocycles. The van der Waals surface area contributed by atoms with Crippen molar-refractivity contribution in [1.82, 2.24) is 0 Å². The summed E-state index contributed by atoms with van der Waals surface area (Å²) in [6.45, 7) is 9.29. The van der Waals surface area contributed by atoms with Gasteiger partial charge in [-0.15, -0.1) is 6.58 Å². The highest BCUT2D eigenvalue weighted by atomic mass is 16.5. The number of ether oxygens (including phenoxy) is 1. The summed E-state index contributed by atoms with van der Waals surface area (Å²) >= 11 is 0. The van der Waals surface area contributed by atoms with Gasteiger partial charge in [-0.25, -0.2) is 0 Å². The molecule has 0 aliphatic heterocycles. The number of esters is 1. The van der Waals surface area contributed by atoms with Crippen LogP contribution in [-0.4, -0.2) is 23.3 Å². The molecule has 1 aliphatic carbocycles. The molecule has 3 nitrogen and oxygen atoms in total. The van der Waals surface area contributed by atoms with Gasteiger partial charge in [0.15, 0.2) is 0 Å². The van der Waals surface area contributed by atoms with E-state index < -0.39 is 11.0 Å². The molecule has 0 amide bonds. The third kappa shape index (κ3) is 1.69. The van der Waals surface area contributed by atoms with E-state index in [0.717, 1.165) is 6.42 Å². The number of carbonyl (C=O) groups excluding carboxylic acids is 1. The van der Waals surface area contributed by atoms with E-state index in [0.29, 0.717) is 13.0 Å². The number of carbonyl (C=O) groups is 1. The molecule has 1 aliphatic rings. The van der Waals surface area contributed by atoms with Crippen molar-refractivity contribution in [3.05, 3.63) is 12.7 Å². The predicted molar refractivity (Wildman–Crippen MR) is 58.3 cm³/mol. The molecule has 0 spiro atoms. The van der Waals surface area contributed by atoms with Crippen LogP contribution in [0.25, 0.3) is 0 Å². The van der Waals surface area contributed by atoms with Gasteiger partial charge in [0.05, 0.1) is 17.6 Å². The van der Waals surface area contributed by atoms with E-state index in [1.54, 1.807) is 26.8 Å². The van der Waals surface area contributed by atoms with Crippen molar-refractivity contribution in [1.29, 1.82) is 0 Å². The molecule has 3 atom stereocenters. The molecule has 0 heterocycles. The lowest BCUT2D eigenvalue weighted by atomic mass is 9.74. The lowest BCUT2D eigenvalue weighted by Gasteiger charge is -2.37. The summed E-state index contributed by atoms with van der Waals surface area (Å²) in [4.78, 5) is 11.8. The maximum Gasteiger partial charge on any atom is 0.314 e. The van der Waals surface area contributed by atoms with Crippen LogP contribution in [0.1, 0.15) is 33.6 Å². The van der Waals surface area contributed by atoms with E-state index >= 15 is 0 Å². The molecule has 0 bridgehead atoms. The van der Waals surface area contributed by atoms with Crippen molar-refractivity contribution < 1.29 is 14.6 Å². The SMILES string of the molecule is C=C[C@@H]1CC[C@@](C)(C(=O)OCC)[C@@]1(C)O. The minimum absolute atomic E-state index is 0.0353. The molecule has 3 heteroatoms. The Morgan fingerprint density at radius 1 is 1.67 bits per heavy atom. The van der Waals surface area contributed by atoms with E-state index in [1.165, 1.54) is 0 Å². The van der Waals surface area contributed by atoms with Crippen molar-refractivity contribution in [3.63, 3.8) is 0 Å². The van der Waals surface area contributed by atoms with Gasteiger partial charge in [-0.2, -0.15) is 0 Å². The van der Waals surface area contributed by atoms with E-state index in [-0.39, 0.29) is 11.9 Å². The molecule has 15 heavy (non-hydrogen) atoms. The Morgan fingerprint density at radius 3 is 2.67 bits per heavy atom. The van der Waals surface area contributed by atoms with Crippen molar-refractivity contribution in [2.75, 3.05) is 6.61 Å². The fourth-order valence-corrected chi connectivity index (χ4v) is 2.33. The van der Waals surface area contributed by atoms with Gasteiger partial charge in [0, 0.05) is 5.92 Å². The summed E-state index contributed by atoms with van der Waals surface area (Å²) < 4.78 is 5.02. The molecule has 0 aromatic heterocycles. The van der Waals surface area contributed by atoms with Gasteiger partial charge in [-0.05, 0) is 33.6 Å². The van der Waals surface area contributed by atoms with Crippen LogP contribution in [-0.2, 0) is 9.53 Å². The molecular weight excluding hydrogens is 192 g/mol. The first-order valence-electron chi connectivity index (χ1n) is 5.42. The Labute approximate surface area is 91.1 Å². The van der Waals surface area contributed by atoms with Crippen LogP contribution in [0, 0.1) is 11.3 Å². The largest absolute Gasteiger partial charge is 0.465 e. The molecule has 0 unspecified atom stereocenters.